The summed E-state index contributed by atoms with van der Waals surface area (Å²) in [6.45, 7) is 0.538. The van der Waals surface area contributed by atoms with Crippen LogP contribution in [0.15, 0.2) is 42.6 Å². The molecule has 0 spiro atoms. The zero-order chi connectivity index (χ0) is 16.9. The molecule has 0 saturated heterocycles. The molecule has 2 atom stereocenters. The molecule has 1 aromatic carbocycles. The number of aromatic nitrogens is 1. The molecular weight excluding hydrogens is 309 g/mol. The highest BCUT2D eigenvalue weighted by Gasteiger charge is 2.31. The minimum atomic E-state index is -0.318. The Kier molecular flexibility index (Phi) is 5.05. The normalized spacial score (nSPS) is 19.9. The number of hydrogen-bond donors (Lipinski definition) is 2. The zero-order valence-electron chi connectivity index (χ0n) is 13.2. The van der Waals surface area contributed by atoms with Crippen LogP contribution < -0.4 is 15.8 Å². The number of rotatable bonds is 5. The van der Waals surface area contributed by atoms with E-state index >= 15 is 0 Å². The van der Waals surface area contributed by atoms with Crippen LogP contribution in [0.1, 0.15) is 19.3 Å². The Morgan fingerprint density at radius 2 is 1.96 bits per heavy atom. The van der Waals surface area contributed by atoms with Crippen molar-refractivity contribution >= 4 is 11.7 Å². The van der Waals surface area contributed by atoms with Gasteiger partial charge in [0.15, 0.2) is 0 Å². The number of nitrogens with zero attached hydrogens (tertiary/aromatic N) is 1. The molecule has 0 radical (unpaired) electrons. The van der Waals surface area contributed by atoms with Gasteiger partial charge in [0.2, 0.25) is 5.91 Å². The smallest absolute Gasteiger partial charge is 0.228 e. The Morgan fingerprint density at radius 1 is 1.21 bits per heavy atom. The van der Waals surface area contributed by atoms with Gasteiger partial charge in [-0.05, 0) is 61.7 Å². The van der Waals surface area contributed by atoms with E-state index in [1.54, 1.807) is 12.1 Å². The molecule has 6 heteroatoms. The van der Waals surface area contributed by atoms with Crippen molar-refractivity contribution in [1.29, 1.82) is 0 Å². The van der Waals surface area contributed by atoms with Gasteiger partial charge in [0.25, 0.3) is 0 Å². The van der Waals surface area contributed by atoms with Crippen molar-refractivity contribution in [3.8, 4) is 11.5 Å². The maximum atomic E-state index is 12.9. The van der Waals surface area contributed by atoms with Crippen molar-refractivity contribution in [3.05, 3.63) is 48.4 Å². The molecule has 0 unspecified atom stereocenters. The van der Waals surface area contributed by atoms with E-state index in [4.69, 9.17) is 10.5 Å². The van der Waals surface area contributed by atoms with E-state index in [1.807, 2.05) is 0 Å². The fraction of sp³-hybridized carbons (Fsp3) is 0.333. The maximum absolute atomic E-state index is 12.9. The molecule has 126 valence electrons. The summed E-state index contributed by atoms with van der Waals surface area (Å²) in [5.74, 6) is 1.39. The summed E-state index contributed by atoms with van der Waals surface area (Å²) < 4.78 is 18.4. The number of hydrogen-bond acceptors (Lipinski definition) is 4. The number of halogens is 1. The summed E-state index contributed by atoms with van der Waals surface area (Å²) in [6, 6.07) is 9.12. The van der Waals surface area contributed by atoms with E-state index in [0.29, 0.717) is 23.9 Å². The van der Waals surface area contributed by atoms with Crippen LogP contribution in [0, 0.1) is 17.7 Å². The van der Waals surface area contributed by atoms with Gasteiger partial charge in [-0.3, -0.25) is 4.79 Å². The fourth-order valence-electron chi connectivity index (χ4n) is 3.04. The monoisotopic (exact) mass is 329 g/mol. The Bertz CT molecular complexity index is 688. The molecule has 2 aromatic rings. The van der Waals surface area contributed by atoms with Gasteiger partial charge in [0.05, 0.1) is 6.20 Å². The molecule has 3 rings (SSSR count). The number of amides is 1. The predicted octanol–water partition coefficient (Wildman–Crippen LogP) is 3.33. The lowest BCUT2D eigenvalue weighted by Gasteiger charge is -2.17. The van der Waals surface area contributed by atoms with Crippen molar-refractivity contribution in [1.82, 2.24) is 4.98 Å². The van der Waals surface area contributed by atoms with Crippen LogP contribution in [-0.4, -0.2) is 17.4 Å². The molecule has 1 aromatic heterocycles. The first-order valence-electron chi connectivity index (χ1n) is 8.06. The van der Waals surface area contributed by atoms with Gasteiger partial charge in [0, 0.05) is 5.92 Å². The summed E-state index contributed by atoms with van der Waals surface area (Å²) in [4.78, 5) is 16.5. The molecule has 0 aliphatic heterocycles. The second-order valence-electron chi connectivity index (χ2n) is 5.96. The Labute approximate surface area is 140 Å². The number of carbonyl (C=O) groups excluding carboxylic acids is 1. The van der Waals surface area contributed by atoms with Gasteiger partial charge >= 0.3 is 0 Å². The third-order valence-electron chi connectivity index (χ3n) is 4.34. The molecule has 0 bridgehead atoms. The first kappa shape index (κ1) is 16.4. The van der Waals surface area contributed by atoms with Crippen molar-refractivity contribution in [3.63, 3.8) is 0 Å². The summed E-state index contributed by atoms with van der Waals surface area (Å²) in [5, 5.41) is 2.84. The number of benzene rings is 1. The second-order valence-corrected chi connectivity index (χ2v) is 5.96. The van der Waals surface area contributed by atoms with Crippen molar-refractivity contribution in [2.45, 2.75) is 19.3 Å². The van der Waals surface area contributed by atoms with E-state index in [0.717, 1.165) is 19.3 Å². The molecule has 1 heterocycles. The highest BCUT2D eigenvalue weighted by molar-refractivity contribution is 5.92. The van der Waals surface area contributed by atoms with Crippen molar-refractivity contribution in [2.75, 3.05) is 11.9 Å². The highest BCUT2D eigenvalue weighted by Crippen LogP contribution is 2.31. The molecule has 5 nitrogen and oxygen atoms in total. The summed E-state index contributed by atoms with van der Waals surface area (Å²) in [7, 11) is 0. The van der Waals surface area contributed by atoms with Crippen molar-refractivity contribution in [2.24, 2.45) is 17.6 Å². The Balaban J connectivity index is 1.60. The van der Waals surface area contributed by atoms with Crippen LogP contribution in [0.4, 0.5) is 10.2 Å². The highest BCUT2D eigenvalue weighted by atomic mass is 19.1. The average molecular weight is 329 g/mol. The summed E-state index contributed by atoms with van der Waals surface area (Å²) in [6.07, 6.45) is 4.44. The Morgan fingerprint density at radius 3 is 2.62 bits per heavy atom. The van der Waals surface area contributed by atoms with Crippen LogP contribution in [0.5, 0.6) is 11.5 Å². The van der Waals surface area contributed by atoms with Crippen LogP contribution >= 0.6 is 0 Å². The van der Waals surface area contributed by atoms with E-state index in [2.05, 4.69) is 10.3 Å². The predicted molar refractivity (Wildman–Crippen MR) is 89.2 cm³/mol. The van der Waals surface area contributed by atoms with E-state index in [1.165, 1.54) is 30.5 Å². The van der Waals surface area contributed by atoms with E-state index < -0.39 is 0 Å². The van der Waals surface area contributed by atoms with Crippen LogP contribution in [-0.2, 0) is 4.79 Å². The van der Waals surface area contributed by atoms with E-state index in [-0.39, 0.29) is 23.6 Å². The van der Waals surface area contributed by atoms with Crippen LogP contribution in [0.3, 0.4) is 0 Å². The Hall–Kier alpha value is -2.47. The van der Waals surface area contributed by atoms with Gasteiger partial charge in [-0.1, -0.05) is 6.42 Å². The SMILES string of the molecule is NC[C@H]1CCC[C@H]1C(=O)Nc1ccc(Oc2ccc(F)cc2)cn1. The largest absolute Gasteiger partial charge is 0.456 e. The number of nitrogens with one attached hydrogen (secondary N) is 1. The molecule has 1 saturated carbocycles. The zero-order valence-corrected chi connectivity index (χ0v) is 13.2. The fourth-order valence-corrected chi connectivity index (χ4v) is 3.04. The number of anilines is 1. The van der Waals surface area contributed by atoms with Crippen LogP contribution in [0.2, 0.25) is 0 Å². The molecule has 3 N–H and O–H groups in total. The summed E-state index contributed by atoms with van der Waals surface area (Å²) >= 11 is 0. The van der Waals surface area contributed by atoms with Gasteiger partial charge in [-0.2, -0.15) is 0 Å². The standard InChI is InChI=1S/C18H20FN3O2/c19-13-4-6-14(7-5-13)24-15-8-9-17(21-11-15)22-18(23)16-3-1-2-12(16)10-20/h4-9,11-12,16H,1-3,10,20H2,(H,21,22,23)/t12-,16-/m1/s1. The number of ether oxygens (including phenoxy) is 1. The quantitative estimate of drug-likeness (QED) is 0.882. The maximum Gasteiger partial charge on any atom is 0.228 e. The molecule has 1 aliphatic rings. The molecule has 24 heavy (non-hydrogen) atoms. The molecule has 1 aliphatic carbocycles. The first-order chi connectivity index (χ1) is 11.7. The topological polar surface area (TPSA) is 77.2 Å². The van der Waals surface area contributed by atoms with Crippen molar-refractivity contribution < 1.29 is 13.9 Å². The van der Waals surface area contributed by atoms with E-state index in [9.17, 15) is 9.18 Å². The molecular formula is C18H20FN3O2. The molecule has 1 amide bonds. The lowest BCUT2D eigenvalue weighted by Crippen LogP contribution is -2.30. The van der Waals surface area contributed by atoms with Crippen LogP contribution in [0.25, 0.3) is 0 Å². The molecule has 1 fully saturated rings. The lowest BCUT2D eigenvalue weighted by molar-refractivity contribution is -0.120. The van der Waals surface area contributed by atoms with Gasteiger partial charge in [-0.15, -0.1) is 0 Å². The minimum Gasteiger partial charge on any atom is -0.456 e. The third-order valence-corrected chi connectivity index (χ3v) is 4.34. The first-order valence-corrected chi connectivity index (χ1v) is 8.06. The number of pyridine rings is 1. The van der Waals surface area contributed by atoms with Gasteiger partial charge in [0.1, 0.15) is 23.1 Å². The summed E-state index contributed by atoms with van der Waals surface area (Å²) in [5.41, 5.74) is 5.72. The van der Waals surface area contributed by atoms with Gasteiger partial charge in [-0.25, -0.2) is 9.37 Å². The average Bonchev–Trinajstić information content (AvgIpc) is 3.07. The second kappa shape index (κ2) is 7.40. The lowest BCUT2D eigenvalue weighted by atomic mass is 9.95. The minimum absolute atomic E-state index is 0.0253. The number of carbonyl (C=O) groups is 1. The van der Waals surface area contributed by atoms with Gasteiger partial charge < -0.3 is 15.8 Å². The number of nitrogens with two attached hydrogens (primary N) is 1. The third kappa shape index (κ3) is 3.89.